The average Bonchev–Trinajstić information content (AvgIpc) is 2.58. The summed E-state index contributed by atoms with van der Waals surface area (Å²) in [5.41, 5.74) is 1.95. The Morgan fingerprint density at radius 1 is 1.21 bits per heavy atom. The van der Waals surface area contributed by atoms with Crippen molar-refractivity contribution >= 4 is 5.91 Å². The third kappa shape index (κ3) is 3.95. The summed E-state index contributed by atoms with van der Waals surface area (Å²) in [6, 6.07) is 9.45. The van der Waals surface area contributed by atoms with Crippen LogP contribution in [-0.4, -0.2) is 25.7 Å². The number of carbonyl (C=O) groups is 1. The molecule has 3 rings (SSSR count). The Kier molecular flexibility index (Phi) is 4.84. The van der Waals surface area contributed by atoms with E-state index in [1.54, 1.807) is 6.07 Å². The first-order chi connectivity index (χ1) is 11.6. The van der Waals surface area contributed by atoms with E-state index >= 15 is 0 Å². The van der Waals surface area contributed by atoms with Crippen molar-refractivity contribution in [2.75, 3.05) is 19.8 Å². The van der Waals surface area contributed by atoms with E-state index in [2.05, 4.69) is 5.32 Å². The molecule has 0 saturated heterocycles. The Balaban J connectivity index is 1.54. The molecule has 1 N–H and O–H groups in total. The molecule has 0 atom stereocenters. The van der Waals surface area contributed by atoms with E-state index in [0.717, 1.165) is 16.9 Å². The predicted octanol–water partition coefficient (Wildman–Crippen LogP) is 2.60. The van der Waals surface area contributed by atoms with Crippen LogP contribution in [0.2, 0.25) is 0 Å². The lowest BCUT2D eigenvalue weighted by Crippen LogP contribution is -2.28. The Morgan fingerprint density at radius 3 is 2.71 bits per heavy atom. The zero-order valence-corrected chi connectivity index (χ0v) is 13.3. The van der Waals surface area contributed by atoms with Gasteiger partial charge in [-0.15, -0.1) is 0 Å². The lowest BCUT2D eigenvalue weighted by atomic mass is 10.1. The van der Waals surface area contributed by atoms with Crippen molar-refractivity contribution in [3.05, 3.63) is 53.3 Å². The monoisotopic (exact) mass is 331 g/mol. The van der Waals surface area contributed by atoms with Crippen molar-refractivity contribution in [3.8, 4) is 17.2 Å². The zero-order valence-electron chi connectivity index (χ0n) is 13.3. The number of hydrogen-bond acceptors (Lipinski definition) is 4. The highest BCUT2D eigenvalue weighted by Gasteiger charge is 2.14. The molecule has 2 aromatic carbocycles. The summed E-state index contributed by atoms with van der Waals surface area (Å²) in [4.78, 5) is 11.9. The molecule has 0 spiro atoms. The van der Waals surface area contributed by atoms with Crippen LogP contribution in [0, 0.1) is 12.7 Å². The van der Waals surface area contributed by atoms with Crippen LogP contribution in [0.5, 0.6) is 17.2 Å². The number of aryl methyl sites for hydroxylation is 1. The fourth-order valence-electron chi connectivity index (χ4n) is 2.37. The second-order valence-electron chi connectivity index (χ2n) is 5.45. The summed E-state index contributed by atoms with van der Waals surface area (Å²) in [7, 11) is 0. The number of rotatable bonds is 5. The van der Waals surface area contributed by atoms with Gasteiger partial charge in [-0.1, -0.05) is 6.07 Å². The van der Waals surface area contributed by atoms with Gasteiger partial charge in [0.15, 0.2) is 18.1 Å². The molecule has 6 heteroatoms. The van der Waals surface area contributed by atoms with Gasteiger partial charge in [-0.05, 0) is 42.3 Å². The van der Waals surface area contributed by atoms with E-state index < -0.39 is 5.82 Å². The number of ether oxygens (including phenoxy) is 3. The summed E-state index contributed by atoms with van der Waals surface area (Å²) >= 11 is 0. The number of halogens is 1. The minimum absolute atomic E-state index is 0.174. The van der Waals surface area contributed by atoms with Gasteiger partial charge in [-0.25, -0.2) is 4.39 Å². The van der Waals surface area contributed by atoms with Crippen molar-refractivity contribution in [1.82, 2.24) is 5.32 Å². The Morgan fingerprint density at radius 2 is 1.96 bits per heavy atom. The minimum Gasteiger partial charge on any atom is -0.486 e. The molecule has 1 amide bonds. The van der Waals surface area contributed by atoms with Gasteiger partial charge in [0, 0.05) is 12.6 Å². The molecule has 5 nitrogen and oxygen atoms in total. The molecule has 2 aromatic rings. The first-order valence-electron chi connectivity index (χ1n) is 7.66. The van der Waals surface area contributed by atoms with E-state index in [4.69, 9.17) is 14.2 Å². The topological polar surface area (TPSA) is 56.8 Å². The quantitative estimate of drug-likeness (QED) is 0.915. The third-order valence-corrected chi connectivity index (χ3v) is 3.64. The van der Waals surface area contributed by atoms with Crippen molar-refractivity contribution in [2.45, 2.75) is 13.5 Å². The standard InChI is InChI=1S/C18H18FNO4/c1-12-7-16-17(23-6-5-22-16)8-13(12)10-20-18(21)11-24-15-4-2-3-14(19)9-15/h2-4,7-9H,5-6,10-11H2,1H3,(H,20,21). The Labute approximate surface area is 139 Å². The van der Waals surface area contributed by atoms with Crippen LogP contribution in [-0.2, 0) is 11.3 Å². The fourth-order valence-corrected chi connectivity index (χ4v) is 2.37. The van der Waals surface area contributed by atoms with E-state index in [0.29, 0.717) is 31.3 Å². The van der Waals surface area contributed by atoms with Crippen molar-refractivity contribution in [2.24, 2.45) is 0 Å². The molecule has 1 aliphatic heterocycles. The molecule has 0 radical (unpaired) electrons. The van der Waals surface area contributed by atoms with E-state index in [9.17, 15) is 9.18 Å². The van der Waals surface area contributed by atoms with Crippen molar-refractivity contribution in [3.63, 3.8) is 0 Å². The first kappa shape index (κ1) is 16.1. The highest BCUT2D eigenvalue weighted by atomic mass is 19.1. The molecule has 0 unspecified atom stereocenters. The molecular formula is C18H18FNO4. The van der Waals surface area contributed by atoms with Gasteiger partial charge in [-0.2, -0.15) is 0 Å². The highest BCUT2D eigenvalue weighted by molar-refractivity contribution is 5.77. The maximum atomic E-state index is 13.0. The Bertz CT molecular complexity index is 748. The van der Waals surface area contributed by atoms with Crippen LogP contribution in [0.15, 0.2) is 36.4 Å². The number of carbonyl (C=O) groups excluding carboxylic acids is 1. The summed E-state index contributed by atoms with van der Waals surface area (Å²) in [5, 5.41) is 2.78. The number of nitrogens with one attached hydrogen (secondary N) is 1. The molecule has 126 valence electrons. The van der Waals surface area contributed by atoms with E-state index in [1.807, 2.05) is 19.1 Å². The second kappa shape index (κ2) is 7.21. The molecule has 0 saturated carbocycles. The lowest BCUT2D eigenvalue weighted by Gasteiger charge is -2.20. The molecule has 0 aliphatic carbocycles. The van der Waals surface area contributed by atoms with Crippen LogP contribution in [0.4, 0.5) is 4.39 Å². The Hall–Kier alpha value is -2.76. The predicted molar refractivity (Wildman–Crippen MR) is 85.9 cm³/mol. The first-order valence-corrected chi connectivity index (χ1v) is 7.66. The molecular weight excluding hydrogens is 313 g/mol. The van der Waals surface area contributed by atoms with Gasteiger partial charge in [0.1, 0.15) is 24.8 Å². The number of fused-ring (bicyclic) bond motifs is 1. The fraction of sp³-hybridized carbons (Fsp3) is 0.278. The maximum absolute atomic E-state index is 13.0. The smallest absolute Gasteiger partial charge is 0.258 e. The van der Waals surface area contributed by atoms with Gasteiger partial charge in [0.25, 0.3) is 5.91 Å². The van der Waals surface area contributed by atoms with E-state index in [-0.39, 0.29) is 12.5 Å². The molecule has 1 heterocycles. The van der Waals surface area contributed by atoms with Gasteiger partial charge in [0.2, 0.25) is 0 Å². The average molecular weight is 331 g/mol. The normalized spacial score (nSPS) is 12.6. The van der Waals surface area contributed by atoms with Crippen LogP contribution in [0.1, 0.15) is 11.1 Å². The number of hydrogen-bond donors (Lipinski definition) is 1. The van der Waals surface area contributed by atoms with Gasteiger partial charge in [-0.3, -0.25) is 4.79 Å². The molecule has 0 fully saturated rings. The second-order valence-corrected chi connectivity index (χ2v) is 5.45. The minimum atomic E-state index is -0.403. The van der Waals surface area contributed by atoms with Crippen LogP contribution >= 0.6 is 0 Å². The van der Waals surface area contributed by atoms with Gasteiger partial charge in [0.05, 0.1) is 0 Å². The number of amides is 1. The van der Waals surface area contributed by atoms with Gasteiger partial charge >= 0.3 is 0 Å². The highest BCUT2D eigenvalue weighted by Crippen LogP contribution is 2.32. The van der Waals surface area contributed by atoms with Crippen LogP contribution < -0.4 is 19.5 Å². The molecule has 24 heavy (non-hydrogen) atoms. The number of benzene rings is 2. The van der Waals surface area contributed by atoms with Crippen molar-refractivity contribution in [1.29, 1.82) is 0 Å². The lowest BCUT2D eigenvalue weighted by molar-refractivity contribution is -0.123. The summed E-state index contributed by atoms with van der Waals surface area (Å²) in [6.45, 7) is 3.19. The van der Waals surface area contributed by atoms with Crippen molar-refractivity contribution < 1.29 is 23.4 Å². The van der Waals surface area contributed by atoms with Crippen LogP contribution in [0.3, 0.4) is 0 Å². The summed E-state index contributed by atoms with van der Waals surface area (Å²) < 4.78 is 29.4. The molecule has 0 aromatic heterocycles. The molecule has 0 bridgehead atoms. The zero-order chi connectivity index (χ0) is 16.9. The van der Waals surface area contributed by atoms with Gasteiger partial charge < -0.3 is 19.5 Å². The summed E-state index contributed by atoms with van der Waals surface area (Å²) in [5.74, 6) is 1.05. The van der Waals surface area contributed by atoms with Crippen LogP contribution in [0.25, 0.3) is 0 Å². The maximum Gasteiger partial charge on any atom is 0.258 e. The SMILES string of the molecule is Cc1cc2c(cc1CNC(=O)COc1cccc(F)c1)OCCO2. The summed E-state index contributed by atoms with van der Waals surface area (Å²) in [6.07, 6.45) is 0. The largest absolute Gasteiger partial charge is 0.486 e. The van der Waals surface area contributed by atoms with E-state index in [1.165, 1.54) is 18.2 Å². The molecule has 1 aliphatic rings. The third-order valence-electron chi connectivity index (χ3n) is 3.64.